The molecule has 9 heteroatoms. The highest BCUT2D eigenvalue weighted by molar-refractivity contribution is 7.89. The molecule has 2 aromatic carbocycles. The molecule has 0 unspecified atom stereocenters. The van der Waals surface area contributed by atoms with Crippen molar-refractivity contribution in [3.05, 3.63) is 59.7 Å². The molecule has 1 N–H and O–H groups in total. The number of benzene rings is 2. The minimum Gasteiger partial charge on any atom is -0.494 e. The molecule has 2 rings (SSSR count). The zero-order valence-electron chi connectivity index (χ0n) is 13.1. The second kappa shape index (κ2) is 7.56. The van der Waals surface area contributed by atoms with Gasteiger partial charge in [0.1, 0.15) is 5.75 Å². The summed E-state index contributed by atoms with van der Waals surface area (Å²) in [6.45, 7) is 2.23. The molecule has 2 aromatic rings. The maximum Gasteiger partial charge on any atom is 0.417 e. The number of sulfonamides is 1. The maximum atomic E-state index is 12.9. The van der Waals surface area contributed by atoms with Crippen LogP contribution in [-0.4, -0.2) is 21.2 Å². The van der Waals surface area contributed by atoms with Gasteiger partial charge in [0.15, 0.2) is 0 Å². The van der Waals surface area contributed by atoms with Gasteiger partial charge in [-0.3, -0.25) is 0 Å². The van der Waals surface area contributed by atoms with Gasteiger partial charge >= 0.3 is 6.18 Å². The first-order chi connectivity index (χ1) is 11.7. The molecule has 0 bridgehead atoms. The Hall–Kier alpha value is -2.55. The minimum atomic E-state index is -4.56. The third-order valence-corrected chi connectivity index (χ3v) is 4.33. The van der Waals surface area contributed by atoms with Crippen molar-refractivity contribution in [2.24, 2.45) is 5.10 Å². The Kier molecular flexibility index (Phi) is 5.68. The molecule has 0 atom stereocenters. The van der Waals surface area contributed by atoms with Gasteiger partial charge < -0.3 is 4.74 Å². The van der Waals surface area contributed by atoms with E-state index in [0.717, 1.165) is 12.3 Å². The summed E-state index contributed by atoms with van der Waals surface area (Å²) >= 11 is 0. The van der Waals surface area contributed by atoms with Gasteiger partial charge in [0.25, 0.3) is 10.0 Å². The van der Waals surface area contributed by atoms with E-state index in [4.69, 9.17) is 4.74 Å². The smallest absolute Gasteiger partial charge is 0.417 e. The minimum absolute atomic E-state index is 0.0859. The summed E-state index contributed by atoms with van der Waals surface area (Å²) in [5, 5.41) is 3.43. The molecule has 0 saturated heterocycles. The molecule has 25 heavy (non-hydrogen) atoms. The largest absolute Gasteiger partial charge is 0.494 e. The van der Waals surface area contributed by atoms with E-state index < -0.39 is 21.8 Å². The zero-order valence-corrected chi connectivity index (χ0v) is 13.9. The van der Waals surface area contributed by atoms with Gasteiger partial charge in [-0.05, 0) is 37.3 Å². The van der Waals surface area contributed by atoms with Crippen molar-refractivity contribution in [3.63, 3.8) is 0 Å². The van der Waals surface area contributed by atoms with Crippen molar-refractivity contribution in [1.82, 2.24) is 4.83 Å². The van der Waals surface area contributed by atoms with Crippen molar-refractivity contribution >= 4 is 16.2 Å². The molecule has 0 aliphatic carbocycles. The summed E-state index contributed by atoms with van der Waals surface area (Å²) in [7, 11) is -4.00. The molecular formula is C16H15F3N2O3S. The lowest BCUT2D eigenvalue weighted by molar-refractivity contribution is -0.137. The Morgan fingerprint density at radius 1 is 1.12 bits per heavy atom. The van der Waals surface area contributed by atoms with E-state index >= 15 is 0 Å². The first-order valence-electron chi connectivity index (χ1n) is 7.18. The highest BCUT2D eigenvalue weighted by atomic mass is 32.2. The normalized spacial score (nSPS) is 12.3. The van der Waals surface area contributed by atoms with Crippen LogP contribution in [0, 0.1) is 0 Å². The quantitative estimate of drug-likeness (QED) is 0.624. The van der Waals surface area contributed by atoms with E-state index in [1.54, 1.807) is 6.92 Å². The predicted molar refractivity (Wildman–Crippen MR) is 87.0 cm³/mol. The Morgan fingerprint density at radius 2 is 1.76 bits per heavy atom. The van der Waals surface area contributed by atoms with Gasteiger partial charge in [0, 0.05) is 5.56 Å². The number of rotatable bonds is 6. The summed E-state index contributed by atoms with van der Waals surface area (Å²) in [6, 6.07) is 10.3. The van der Waals surface area contributed by atoms with Gasteiger partial charge in [-0.15, -0.1) is 0 Å². The van der Waals surface area contributed by atoms with Crippen molar-refractivity contribution in [2.75, 3.05) is 6.61 Å². The Bertz CT molecular complexity index is 848. The van der Waals surface area contributed by atoms with Crippen LogP contribution in [0.5, 0.6) is 5.75 Å². The second-order valence-electron chi connectivity index (χ2n) is 4.84. The van der Waals surface area contributed by atoms with Crippen LogP contribution in [-0.2, 0) is 16.2 Å². The highest BCUT2D eigenvalue weighted by Gasteiger charge is 2.32. The molecule has 0 aliphatic rings. The number of nitrogens with one attached hydrogen (secondary N) is 1. The second-order valence-corrected chi connectivity index (χ2v) is 6.50. The molecular weight excluding hydrogens is 357 g/mol. The number of ether oxygens (including phenoxy) is 1. The van der Waals surface area contributed by atoms with Crippen LogP contribution in [0.2, 0.25) is 0 Å². The van der Waals surface area contributed by atoms with Crippen molar-refractivity contribution in [3.8, 4) is 5.75 Å². The average molecular weight is 372 g/mol. The van der Waals surface area contributed by atoms with Gasteiger partial charge in [0.05, 0.1) is 23.3 Å². The number of halogens is 3. The van der Waals surface area contributed by atoms with Crippen LogP contribution in [0.15, 0.2) is 58.5 Å². The van der Waals surface area contributed by atoms with Crippen molar-refractivity contribution in [1.29, 1.82) is 0 Å². The molecule has 0 aliphatic heterocycles. The lowest BCUT2D eigenvalue weighted by atomic mass is 10.1. The van der Waals surface area contributed by atoms with Gasteiger partial charge in [-0.1, -0.05) is 18.2 Å². The topological polar surface area (TPSA) is 67.8 Å². The molecule has 0 radical (unpaired) electrons. The fourth-order valence-electron chi connectivity index (χ4n) is 1.97. The van der Waals surface area contributed by atoms with E-state index in [0.29, 0.717) is 12.4 Å². The third kappa shape index (κ3) is 4.96. The van der Waals surface area contributed by atoms with E-state index in [1.807, 2.05) is 4.83 Å². The van der Waals surface area contributed by atoms with Gasteiger partial charge in [0.2, 0.25) is 0 Å². The molecule has 0 heterocycles. The molecule has 5 nitrogen and oxygen atoms in total. The predicted octanol–water partition coefficient (Wildman–Crippen LogP) is 3.42. The highest BCUT2D eigenvalue weighted by Crippen LogP contribution is 2.31. The molecule has 0 aromatic heterocycles. The molecule has 134 valence electrons. The lowest BCUT2D eigenvalue weighted by Gasteiger charge is -2.09. The number of hydrogen-bond donors (Lipinski definition) is 1. The van der Waals surface area contributed by atoms with E-state index in [9.17, 15) is 21.6 Å². The van der Waals surface area contributed by atoms with Crippen molar-refractivity contribution < 1.29 is 26.3 Å². The fraction of sp³-hybridized carbons (Fsp3) is 0.188. The monoisotopic (exact) mass is 372 g/mol. The first-order valence-corrected chi connectivity index (χ1v) is 8.66. The van der Waals surface area contributed by atoms with E-state index in [1.165, 1.54) is 42.5 Å². The maximum absolute atomic E-state index is 12.9. The van der Waals surface area contributed by atoms with E-state index in [2.05, 4.69) is 5.10 Å². The zero-order chi connectivity index (χ0) is 18.5. The summed E-state index contributed by atoms with van der Waals surface area (Å²) in [6.07, 6.45) is -3.74. The van der Waals surface area contributed by atoms with Crippen LogP contribution in [0.3, 0.4) is 0 Å². The molecule has 0 fully saturated rings. The number of hydrogen-bond acceptors (Lipinski definition) is 4. The SMILES string of the molecule is CCOc1ccc(S(=O)(=O)N/N=C\c2ccccc2C(F)(F)F)cc1. The standard InChI is InChI=1S/C16H15F3N2O3S/c1-2-24-13-7-9-14(10-8-13)25(22,23)21-20-11-12-5-3-4-6-15(12)16(17,18)19/h3-11,21H,2H2,1H3/b20-11-. The molecule has 0 amide bonds. The van der Waals surface area contributed by atoms with Crippen LogP contribution in [0.1, 0.15) is 18.1 Å². The average Bonchev–Trinajstić information content (AvgIpc) is 2.55. The molecule has 0 saturated carbocycles. The Balaban J connectivity index is 2.16. The first kappa shape index (κ1) is 18.8. The summed E-state index contributed by atoms with van der Waals surface area (Å²) in [5.41, 5.74) is -1.15. The van der Waals surface area contributed by atoms with Crippen LogP contribution < -0.4 is 9.57 Å². The Labute approximate surface area is 143 Å². The number of alkyl halides is 3. The summed E-state index contributed by atoms with van der Waals surface area (Å²) in [4.78, 5) is 1.80. The van der Waals surface area contributed by atoms with Gasteiger partial charge in [-0.25, -0.2) is 4.83 Å². The van der Waals surface area contributed by atoms with Crippen molar-refractivity contribution in [2.45, 2.75) is 18.0 Å². The fourth-order valence-corrected chi connectivity index (χ4v) is 2.76. The summed E-state index contributed by atoms with van der Waals surface area (Å²) < 4.78 is 68.0. The number of hydrazone groups is 1. The van der Waals surface area contributed by atoms with Crippen LogP contribution in [0.4, 0.5) is 13.2 Å². The summed E-state index contributed by atoms with van der Waals surface area (Å²) in [5.74, 6) is 0.504. The Morgan fingerprint density at radius 3 is 2.36 bits per heavy atom. The van der Waals surface area contributed by atoms with E-state index in [-0.39, 0.29) is 10.5 Å². The van der Waals surface area contributed by atoms with Gasteiger partial charge in [-0.2, -0.15) is 26.7 Å². The third-order valence-electron chi connectivity index (χ3n) is 3.09. The number of nitrogens with zero attached hydrogens (tertiary/aromatic N) is 1. The van der Waals surface area contributed by atoms with Crippen LogP contribution >= 0.6 is 0 Å². The lowest BCUT2D eigenvalue weighted by Crippen LogP contribution is -2.18. The molecule has 0 spiro atoms. The van der Waals surface area contributed by atoms with Crippen LogP contribution in [0.25, 0.3) is 0 Å².